The third kappa shape index (κ3) is 3.44. The Balaban J connectivity index is 1.53. The highest BCUT2D eigenvalue weighted by atomic mass is 16.5. The van der Waals surface area contributed by atoms with E-state index in [1.807, 2.05) is 24.3 Å². The van der Waals surface area contributed by atoms with Gasteiger partial charge in [-0.2, -0.15) is 5.26 Å². The van der Waals surface area contributed by atoms with Crippen LogP contribution in [0.5, 0.6) is 0 Å². The molecule has 1 heterocycles. The average Bonchev–Trinajstić information content (AvgIpc) is 3.10. The number of imidazole rings is 1. The Morgan fingerprint density at radius 3 is 2.74 bits per heavy atom. The summed E-state index contributed by atoms with van der Waals surface area (Å²) in [6.45, 7) is 0. The van der Waals surface area contributed by atoms with Crippen LogP contribution in [0.2, 0.25) is 0 Å². The van der Waals surface area contributed by atoms with Gasteiger partial charge in [0.2, 0.25) is 5.91 Å². The van der Waals surface area contributed by atoms with Crippen molar-refractivity contribution < 1.29 is 9.53 Å². The number of carbonyl (C=O) groups excluding carboxylic acids is 1. The number of hydrogen-bond donors (Lipinski definition) is 2. The number of rotatable bonds is 5. The maximum atomic E-state index is 12.9. The van der Waals surface area contributed by atoms with Crippen molar-refractivity contribution in [2.24, 2.45) is 11.8 Å². The van der Waals surface area contributed by atoms with Crippen LogP contribution in [0, 0.1) is 23.2 Å². The number of hydrogen-bond acceptors (Lipinski definition) is 4. The van der Waals surface area contributed by atoms with Gasteiger partial charge in [0.05, 0.1) is 23.1 Å². The Hall–Kier alpha value is -2.39. The number of H-pyrrole nitrogens is 1. The number of aromatic amines is 1. The quantitative estimate of drug-likeness (QED) is 0.845. The van der Waals surface area contributed by atoms with Gasteiger partial charge in [-0.25, -0.2) is 4.98 Å². The average molecular weight is 366 g/mol. The molecule has 142 valence electrons. The first-order chi connectivity index (χ1) is 13.1. The van der Waals surface area contributed by atoms with Crippen LogP contribution in [-0.2, 0) is 9.53 Å². The Labute approximate surface area is 159 Å². The number of carbonyl (C=O) groups is 1. The Morgan fingerprint density at radius 1 is 1.33 bits per heavy atom. The lowest BCUT2D eigenvalue weighted by molar-refractivity contribution is -0.139. The van der Waals surface area contributed by atoms with E-state index in [1.54, 1.807) is 0 Å². The molecule has 4 rings (SSSR count). The molecule has 2 fully saturated rings. The fraction of sp³-hybridized carbons (Fsp3) is 0.571. The van der Waals surface area contributed by atoms with Gasteiger partial charge in [0.15, 0.2) is 5.60 Å². The molecule has 0 saturated heterocycles. The molecular weight excluding hydrogens is 340 g/mol. The molecule has 2 aliphatic carbocycles. The van der Waals surface area contributed by atoms with E-state index in [0.29, 0.717) is 18.8 Å². The third-order valence-electron chi connectivity index (χ3n) is 6.24. The minimum absolute atomic E-state index is 0.00829. The van der Waals surface area contributed by atoms with Crippen LogP contribution in [0.15, 0.2) is 24.3 Å². The van der Waals surface area contributed by atoms with Gasteiger partial charge in [-0.3, -0.25) is 4.79 Å². The van der Waals surface area contributed by atoms with Gasteiger partial charge in [-0.1, -0.05) is 31.4 Å². The fourth-order valence-electron chi connectivity index (χ4n) is 4.49. The van der Waals surface area contributed by atoms with Gasteiger partial charge in [0, 0.05) is 25.9 Å². The Morgan fingerprint density at radius 2 is 2.07 bits per heavy atom. The van der Waals surface area contributed by atoms with E-state index < -0.39 is 5.60 Å². The van der Waals surface area contributed by atoms with Gasteiger partial charge < -0.3 is 15.0 Å². The van der Waals surface area contributed by atoms with Crippen molar-refractivity contribution in [1.82, 2.24) is 15.3 Å². The van der Waals surface area contributed by atoms with Gasteiger partial charge in [-0.05, 0) is 30.9 Å². The van der Waals surface area contributed by atoms with Gasteiger partial charge in [-0.15, -0.1) is 0 Å². The van der Waals surface area contributed by atoms with Crippen molar-refractivity contribution in [3.63, 3.8) is 0 Å². The molecule has 2 aromatic rings. The number of amides is 1. The van der Waals surface area contributed by atoms with E-state index in [2.05, 4.69) is 16.4 Å². The minimum atomic E-state index is -0.790. The minimum Gasteiger partial charge on any atom is -0.363 e. The molecule has 0 radical (unpaired) electrons. The first-order valence-electron chi connectivity index (χ1n) is 9.85. The molecule has 0 bridgehead atoms. The van der Waals surface area contributed by atoms with Crippen LogP contribution in [-0.4, -0.2) is 28.6 Å². The van der Waals surface area contributed by atoms with Crippen LogP contribution < -0.4 is 5.32 Å². The summed E-state index contributed by atoms with van der Waals surface area (Å²) in [4.78, 5) is 21.0. The molecule has 0 spiro atoms. The number of methoxy groups -OCH3 is 1. The van der Waals surface area contributed by atoms with Crippen molar-refractivity contribution in [3.05, 3.63) is 30.1 Å². The SMILES string of the molecule is COC1(C#N)CC(C(=O)NC(c2nc3ccccc3[nH]2)C2CCCCC2)C1. The van der Waals surface area contributed by atoms with Crippen LogP contribution in [0.1, 0.15) is 56.8 Å². The molecule has 6 heteroatoms. The molecular formula is C21H26N4O2. The van der Waals surface area contributed by atoms with Crippen molar-refractivity contribution in [2.75, 3.05) is 7.11 Å². The Bertz CT molecular complexity index is 823. The number of para-hydroxylation sites is 2. The number of aromatic nitrogens is 2. The topological polar surface area (TPSA) is 90.8 Å². The standard InChI is InChI=1S/C21H26N4O2/c1-27-21(13-22)11-15(12-21)20(26)25-18(14-7-3-2-4-8-14)19-23-16-9-5-6-10-17(16)24-19/h5-6,9-10,14-15,18H,2-4,7-8,11-12H2,1H3,(H,23,24)(H,25,26). The summed E-state index contributed by atoms with van der Waals surface area (Å²) >= 11 is 0. The molecule has 2 saturated carbocycles. The zero-order valence-corrected chi connectivity index (χ0v) is 15.7. The predicted molar refractivity (Wildman–Crippen MR) is 102 cm³/mol. The molecule has 6 nitrogen and oxygen atoms in total. The van der Waals surface area contributed by atoms with Crippen molar-refractivity contribution in [1.29, 1.82) is 5.26 Å². The highest BCUT2D eigenvalue weighted by Crippen LogP contribution is 2.41. The smallest absolute Gasteiger partial charge is 0.224 e. The summed E-state index contributed by atoms with van der Waals surface area (Å²) in [5, 5.41) is 12.5. The van der Waals surface area contributed by atoms with E-state index in [1.165, 1.54) is 26.4 Å². The maximum Gasteiger partial charge on any atom is 0.224 e. The second-order valence-corrected chi connectivity index (χ2v) is 7.94. The van der Waals surface area contributed by atoms with E-state index in [9.17, 15) is 10.1 Å². The van der Waals surface area contributed by atoms with Crippen LogP contribution >= 0.6 is 0 Å². The zero-order chi connectivity index (χ0) is 18.9. The zero-order valence-electron chi connectivity index (χ0n) is 15.7. The van der Waals surface area contributed by atoms with Crippen molar-refractivity contribution >= 4 is 16.9 Å². The lowest BCUT2D eigenvalue weighted by Crippen LogP contribution is -2.51. The summed E-state index contributed by atoms with van der Waals surface area (Å²) in [6, 6.07) is 10.0. The normalized spacial score (nSPS) is 26.9. The van der Waals surface area contributed by atoms with Crippen LogP contribution in [0.4, 0.5) is 0 Å². The summed E-state index contributed by atoms with van der Waals surface area (Å²) in [6.07, 6.45) is 6.79. The number of benzene rings is 1. The second kappa shape index (κ2) is 7.32. The molecule has 27 heavy (non-hydrogen) atoms. The van der Waals surface area contributed by atoms with Crippen molar-refractivity contribution in [2.45, 2.75) is 56.6 Å². The van der Waals surface area contributed by atoms with E-state index in [4.69, 9.17) is 9.72 Å². The largest absolute Gasteiger partial charge is 0.363 e. The summed E-state index contributed by atoms with van der Waals surface area (Å²) in [7, 11) is 1.54. The van der Waals surface area contributed by atoms with E-state index in [0.717, 1.165) is 29.7 Å². The third-order valence-corrected chi connectivity index (χ3v) is 6.24. The first-order valence-corrected chi connectivity index (χ1v) is 9.85. The lowest BCUT2D eigenvalue weighted by atomic mass is 9.71. The summed E-state index contributed by atoms with van der Waals surface area (Å²) < 4.78 is 5.29. The lowest BCUT2D eigenvalue weighted by Gasteiger charge is -2.41. The fourth-order valence-corrected chi connectivity index (χ4v) is 4.49. The van der Waals surface area contributed by atoms with Crippen molar-refractivity contribution in [3.8, 4) is 6.07 Å². The first kappa shape index (κ1) is 18.0. The molecule has 1 aromatic carbocycles. The Kier molecular flexibility index (Phi) is 4.88. The van der Waals surface area contributed by atoms with E-state index in [-0.39, 0.29) is 17.9 Å². The molecule has 2 N–H and O–H groups in total. The number of fused-ring (bicyclic) bond motifs is 1. The predicted octanol–water partition coefficient (Wildman–Crippen LogP) is 3.62. The number of nitrogens with zero attached hydrogens (tertiary/aromatic N) is 2. The second-order valence-electron chi connectivity index (χ2n) is 7.94. The molecule has 1 unspecified atom stereocenters. The molecule has 1 atom stereocenters. The molecule has 1 amide bonds. The maximum absolute atomic E-state index is 12.9. The van der Waals surface area contributed by atoms with Gasteiger partial charge in [0.1, 0.15) is 5.82 Å². The number of nitrogens with one attached hydrogen (secondary N) is 2. The summed E-state index contributed by atoms with van der Waals surface area (Å²) in [5.74, 6) is 1.08. The van der Waals surface area contributed by atoms with Crippen LogP contribution in [0.25, 0.3) is 11.0 Å². The van der Waals surface area contributed by atoms with Gasteiger partial charge in [0.25, 0.3) is 0 Å². The van der Waals surface area contributed by atoms with E-state index >= 15 is 0 Å². The van der Waals surface area contributed by atoms with Gasteiger partial charge >= 0.3 is 0 Å². The number of ether oxygens (including phenoxy) is 1. The number of nitriles is 1. The highest BCUT2D eigenvalue weighted by Gasteiger charge is 2.49. The summed E-state index contributed by atoms with van der Waals surface area (Å²) in [5.41, 5.74) is 1.13. The monoisotopic (exact) mass is 366 g/mol. The molecule has 0 aliphatic heterocycles. The molecule has 1 aromatic heterocycles. The molecule has 2 aliphatic rings. The highest BCUT2D eigenvalue weighted by molar-refractivity contribution is 5.81. The van der Waals surface area contributed by atoms with Crippen LogP contribution in [0.3, 0.4) is 0 Å².